The molecule has 3 aromatic carbocycles. The summed E-state index contributed by atoms with van der Waals surface area (Å²) in [7, 11) is -3.96. The summed E-state index contributed by atoms with van der Waals surface area (Å²) in [6.45, 7) is 6.27. The summed E-state index contributed by atoms with van der Waals surface area (Å²) in [5.74, 6) is 0.298. The lowest BCUT2D eigenvalue weighted by molar-refractivity contribution is -0.119. The second kappa shape index (κ2) is 11.4. The second-order valence-corrected chi connectivity index (χ2v) is 11.7. The van der Waals surface area contributed by atoms with E-state index < -0.39 is 15.9 Å². The Balaban J connectivity index is 1.45. The normalized spacial score (nSPS) is 16.0. The largest absolute Gasteiger partial charge is 0.371 e. The number of anilines is 2. The van der Waals surface area contributed by atoms with Crippen LogP contribution in [0.25, 0.3) is 0 Å². The molecule has 6 nitrogen and oxygen atoms in total. The van der Waals surface area contributed by atoms with Gasteiger partial charge < -0.3 is 10.2 Å². The number of piperidine rings is 1. The van der Waals surface area contributed by atoms with E-state index in [2.05, 4.69) is 29.3 Å². The highest BCUT2D eigenvalue weighted by Gasteiger charge is 2.27. The fraction of sp³-hybridized carbons (Fsp3) is 0.321. The lowest BCUT2D eigenvalue weighted by Crippen LogP contribution is -2.40. The number of benzene rings is 3. The van der Waals surface area contributed by atoms with E-state index in [4.69, 9.17) is 11.6 Å². The topological polar surface area (TPSA) is 69.7 Å². The van der Waals surface area contributed by atoms with Crippen LogP contribution in [0.2, 0.25) is 5.02 Å². The molecule has 3 aromatic rings. The van der Waals surface area contributed by atoms with Gasteiger partial charge in [0.2, 0.25) is 5.91 Å². The first kappa shape index (κ1) is 26.0. The number of rotatable bonds is 8. The predicted octanol–water partition coefficient (Wildman–Crippen LogP) is 5.40. The number of halogens is 1. The molecule has 36 heavy (non-hydrogen) atoms. The molecule has 0 radical (unpaired) electrons. The highest BCUT2D eigenvalue weighted by atomic mass is 35.5. The number of amides is 1. The number of sulfonamides is 1. The number of hydrogen-bond acceptors (Lipinski definition) is 4. The van der Waals surface area contributed by atoms with E-state index in [1.165, 1.54) is 18.5 Å². The van der Waals surface area contributed by atoms with Gasteiger partial charge in [-0.25, -0.2) is 8.42 Å². The molecule has 1 N–H and O–H groups in total. The van der Waals surface area contributed by atoms with Crippen molar-refractivity contribution in [3.63, 3.8) is 0 Å². The van der Waals surface area contributed by atoms with Crippen LogP contribution in [0.4, 0.5) is 11.4 Å². The van der Waals surface area contributed by atoms with E-state index >= 15 is 0 Å². The summed E-state index contributed by atoms with van der Waals surface area (Å²) in [6, 6.07) is 21.2. The maximum Gasteiger partial charge on any atom is 0.264 e. The predicted molar refractivity (Wildman–Crippen MR) is 146 cm³/mol. The molecule has 1 saturated heterocycles. The SMILES string of the molecule is Cc1ccc(S(=O)(=O)N(CC(=O)NCc2ccc(N3CCCC(C)C3)cc2)c2ccc(Cl)cc2)cc1. The van der Waals surface area contributed by atoms with Gasteiger partial charge in [-0.05, 0) is 79.8 Å². The fourth-order valence-electron chi connectivity index (χ4n) is 4.40. The summed E-state index contributed by atoms with van der Waals surface area (Å²) in [5.41, 5.74) is 3.46. The van der Waals surface area contributed by atoms with E-state index in [1.54, 1.807) is 48.5 Å². The van der Waals surface area contributed by atoms with Crippen LogP contribution in [0, 0.1) is 12.8 Å². The molecule has 0 aliphatic carbocycles. The summed E-state index contributed by atoms with van der Waals surface area (Å²) in [4.78, 5) is 15.4. The molecular formula is C28H32ClN3O3S. The van der Waals surface area contributed by atoms with Crippen LogP contribution in [0.5, 0.6) is 0 Å². The third-order valence-corrected chi connectivity index (χ3v) is 8.50. The molecule has 1 atom stereocenters. The Hall–Kier alpha value is -3.03. The van der Waals surface area contributed by atoms with Crippen molar-refractivity contribution < 1.29 is 13.2 Å². The smallest absolute Gasteiger partial charge is 0.264 e. The molecule has 0 bridgehead atoms. The second-order valence-electron chi connectivity index (χ2n) is 9.44. The van der Waals surface area contributed by atoms with Crippen molar-refractivity contribution in [1.82, 2.24) is 5.32 Å². The van der Waals surface area contributed by atoms with Gasteiger partial charge in [0, 0.05) is 30.3 Å². The van der Waals surface area contributed by atoms with Gasteiger partial charge in [0.15, 0.2) is 0 Å². The van der Waals surface area contributed by atoms with Crippen molar-refractivity contribution >= 4 is 38.9 Å². The molecule has 4 rings (SSSR count). The van der Waals surface area contributed by atoms with Gasteiger partial charge in [0.05, 0.1) is 10.6 Å². The number of carbonyl (C=O) groups excluding carboxylic acids is 1. The first-order valence-corrected chi connectivity index (χ1v) is 14.0. The van der Waals surface area contributed by atoms with Gasteiger partial charge in [0.1, 0.15) is 6.54 Å². The average Bonchev–Trinajstić information content (AvgIpc) is 2.87. The van der Waals surface area contributed by atoms with Crippen molar-refractivity contribution in [2.45, 2.75) is 38.1 Å². The van der Waals surface area contributed by atoms with Gasteiger partial charge in [-0.15, -0.1) is 0 Å². The van der Waals surface area contributed by atoms with Crippen molar-refractivity contribution in [1.29, 1.82) is 0 Å². The van der Waals surface area contributed by atoms with Gasteiger partial charge in [-0.2, -0.15) is 0 Å². The van der Waals surface area contributed by atoms with Gasteiger partial charge in [-0.3, -0.25) is 9.10 Å². The zero-order valence-corrected chi connectivity index (χ0v) is 22.2. The number of nitrogens with zero attached hydrogens (tertiary/aromatic N) is 2. The maximum absolute atomic E-state index is 13.5. The summed E-state index contributed by atoms with van der Waals surface area (Å²) < 4.78 is 28.0. The Kier molecular flexibility index (Phi) is 8.21. The van der Waals surface area contributed by atoms with Crippen molar-refractivity contribution in [3.8, 4) is 0 Å². The Morgan fingerprint density at radius 2 is 1.69 bits per heavy atom. The van der Waals surface area contributed by atoms with Crippen LogP contribution in [0.3, 0.4) is 0 Å². The monoisotopic (exact) mass is 525 g/mol. The lowest BCUT2D eigenvalue weighted by Gasteiger charge is -2.32. The molecule has 0 aromatic heterocycles. The zero-order chi connectivity index (χ0) is 25.7. The molecule has 1 fully saturated rings. The first-order chi connectivity index (χ1) is 17.2. The third-order valence-electron chi connectivity index (χ3n) is 6.46. The third kappa shape index (κ3) is 6.39. The van der Waals surface area contributed by atoms with Crippen molar-refractivity contribution in [2.75, 3.05) is 28.8 Å². The van der Waals surface area contributed by atoms with Crippen LogP contribution < -0.4 is 14.5 Å². The van der Waals surface area contributed by atoms with Crippen LogP contribution in [0.1, 0.15) is 30.9 Å². The van der Waals surface area contributed by atoms with Crippen LogP contribution in [-0.4, -0.2) is 34.0 Å². The molecule has 8 heteroatoms. The zero-order valence-electron chi connectivity index (χ0n) is 20.7. The molecule has 1 aliphatic heterocycles. The Labute approximate surface area is 218 Å². The van der Waals surface area contributed by atoms with Crippen LogP contribution in [0.15, 0.2) is 77.7 Å². The minimum Gasteiger partial charge on any atom is -0.371 e. The molecular weight excluding hydrogens is 494 g/mol. The Morgan fingerprint density at radius 1 is 1.03 bits per heavy atom. The van der Waals surface area contributed by atoms with Gasteiger partial charge >= 0.3 is 0 Å². The van der Waals surface area contributed by atoms with Crippen LogP contribution >= 0.6 is 11.6 Å². The van der Waals surface area contributed by atoms with E-state index in [0.29, 0.717) is 23.2 Å². The number of hydrogen-bond donors (Lipinski definition) is 1. The molecule has 1 aliphatic rings. The first-order valence-electron chi connectivity index (χ1n) is 12.2. The summed E-state index contributed by atoms with van der Waals surface area (Å²) in [5, 5.41) is 3.35. The minimum atomic E-state index is -3.96. The van der Waals surface area contributed by atoms with E-state index in [1.807, 2.05) is 19.1 Å². The average molecular weight is 526 g/mol. The maximum atomic E-state index is 13.5. The molecule has 1 amide bonds. The van der Waals surface area contributed by atoms with Crippen molar-refractivity contribution in [2.24, 2.45) is 5.92 Å². The van der Waals surface area contributed by atoms with Crippen LogP contribution in [-0.2, 0) is 21.4 Å². The molecule has 1 heterocycles. The van der Waals surface area contributed by atoms with E-state index in [-0.39, 0.29) is 11.4 Å². The van der Waals surface area contributed by atoms with Gasteiger partial charge in [-0.1, -0.05) is 48.4 Å². The quantitative estimate of drug-likeness (QED) is 0.427. The van der Waals surface area contributed by atoms with E-state index in [0.717, 1.165) is 28.5 Å². The molecule has 190 valence electrons. The lowest BCUT2D eigenvalue weighted by atomic mass is 9.99. The highest BCUT2D eigenvalue weighted by molar-refractivity contribution is 7.92. The van der Waals surface area contributed by atoms with E-state index in [9.17, 15) is 13.2 Å². The van der Waals surface area contributed by atoms with Gasteiger partial charge in [0.25, 0.3) is 10.0 Å². The number of aryl methyl sites for hydroxylation is 1. The Morgan fingerprint density at radius 3 is 2.33 bits per heavy atom. The Bertz CT molecular complexity index is 1280. The van der Waals surface area contributed by atoms with Crippen molar-refractivity contribution in [3.05, 3.63) is 88.9 Å². The molecule has 0 saturated carbocycles. The summed E-state index contributed by atoms with van der Waals surface area (Å²) >= 11 is 6.01. The standard InChI is InChI=1S/C28H32ClN3O3S/c1-21-5-15-27(16-6-21)36(34,35)32(26-13-9-24(29)10-14-26)20-28(33)30-18-23-7-11-25(12-8-23)31-17-3-4-22(2)19-31/h5-16,22H,3-4,17-20H2,1-2H3,(H,30,33). The molecule has 1 unspecified atom stereocenters. The summed E-state index contributed by atoms with van der Waals surface area (Å²) in [6.07, 6.45) is 2.47. The number of carbonyl (C=O) groups is 1. The molecule has 0 spiro atoms. The fourth-order valence-corrected chi connectivity index (χ4v) is 5.94. The minimum absolute atomic E-state index is 0.124. The number of nitrogens with one attached hydrogen (secondary N) is 1. The highest BCUT2D eigenvalue weighted by Crippen LogP contribution is 2.26.